The Balaban J connectivity index is 2.78. The minimum Gasteiger partial charge on any atom is -0.369 e. The maximum atomic E-state index is 11.3. The van der Waals surface area contributed by atoms with Crippen molar-refractivity contribution in [1.82, 2.24) is 19.5 Å². The van der Waals surface area contributed by atoms with E-state index in [1.165, 1.54) is 6.33 Å². The van der Waals surface area contributed by atoms with Gasteiger partial charge in [-0.15, -0.1) is 6.58 Å². The number of nitrogens with zero attached hydrogens (tertiary/aromatic N) is 3. The number of nitrogens with two attached hydrogens (primary N) is 1. The van der Waals surface area contributed by atoms with Gasteiger partial charge in [0.1, 0.15) is 0 Å². The van der Waals surface area contributed by atoms with E-state index in [4.69, 9.17) is 5.73 Å². The molecule has 3 N–H and O–H groups in total. The largest absolute Gasteiger partial charge is 0.369 e. The first-order valence-electron chi connectivity index (χ1n) is 4.04. The number of hydrogen-bond acceptors (Lipinski definition) is 4. The highest BCUT2D eigenvalue weighted by Gasteiger charge is 2.07. The van der Waals surface area contributed by atoms with Crippen LogP contribution in [0.5, 0.6) is 0 Å². The smallest absolute Gasteiger partial charge is 0.280 e. The van der Waals surface area contributed by atoms with Crippen molar-refractivity contribution >= 4 is 17.1 Å². The molecule has 0 saturated carbocycles. The second kappa shape index (κ2) is 2.99. The molecule has 2 heterocycles. The van der Waals surface area contributed by atoms with E-state index in [2.05, 4.69) is 21.5 Å². The quantitative estimate of drug-likeness (QED) is 0.648. The minimum atomic E-state index is -0.324. The number of aromatic nitrogens is 4. The van der Waals surface area contributed by atoms with Crippen LogP contribution in [0.2, 0.25) is 0 Å². The predicted molar refractivity (Wildman–Crippen MR) is 52.8 cm³/mol. The summed E-state index contributed by atoms with van der Waals surface area (Å²) in [5.74, 6) is 0.0910. The van der Waals surface area contributed by atoms with Crippen LogP contribution in [0.15, 0.2) is 23.8 Å². The number of imidazole rings is 1. The lowest BCUT2D eigenvalue weighted by Crippen LogP contribution is -2.12. The zero-order valence-electron chi connectivity index (χ0n) is 7.40. The van der Waals surface area contributed by atoms with Crippen LogP contribution in [0.25, 0.3) is 11.2 Å². The number of fused-ring (bicyclic) bond motifs is 1. The molecule has 0 fully saturated rings. The molecule has 2 rings (SSSR count). The van der Waals surface area contributed by atoms with E-state index in [9.17, 15) is 4.79 Å². The summed E-state index contributed by atoms with van der Waals surface area (Å²) < 4.78 is 1.70. The number of rotatable bonds is 2. The average molecular weight is 191 g/mol. The van der Waals surface area contributed by atoms with Crippen LogP contribution in [0.4, 0.5) is 5.95 Å². The summed E-state index contributed by atoms with van der Waals surface area (Å²) in [4.78, 5) is 21.6. The van der Waals surface area contributed by atoms with Gasteiger partial charge >= 0.3 is 0 Å². The van der Waals surface area contributed by atoms with Gasteiger partial charge in [-0.05, 0) is 0 Å². The Hall–Kier alpha value is -2.11. The Morgan fingerprint density at radius 2 is 2.50 bits per heavy atom. The highest BCUT2D eigenvalue weighted by atomic mass is 16.1. The first-order chi connectivity index (χ1) is 6.72. The van der Waals surface area contributed by atoms with E-state index in [0.29, 0.717) is 17.7 Å². The van der Waals surface area contributed by atoms with E-state index in [0.717, 1.165) is 0 Å². The summed E-state index contributed by atoms with van der Waals surface area (Å²) in [7, 11) is 0. The van der Waals surface area contributed by atoms with E-state index >= 15 is 0 Å². The fraction of sp³-hybridized carbons (Fsp3) is 0.125. The van der Waals surface area contributed by atoms with Crippen molar-refractivity contribution in [2.45, 2.75) is 6.54 Å². The number of H-pyrrole nitrogens is 1. The molecule has 0 amide bonds. The number of hydrogen-bond donors (Lipinski definition) is 2. The van der Waals surface area contributed by atoms with Gasteiger partial charge in [-0.2, -0.15) is 4.98 Å². The van der Waals surface area contributed by atoms with E-state index in [-0.39, 0.29) is 11.5 Å². The molecule has 2 aromatic rings. The van der Waals surface area contributed by atoms with Crippen LogP contribution < -0.4 is 11.3 Å². The highest BCUT2D eigenvalue weighted by molar-refractivity contribution is 5.70. The summed E-state index contributed by atoms with van der Waals surface area (Å²) in [6.45, 7) is 4.14. The topological polar surface area (TPSA) is 89.6 Å². The van der Waals surface area contributed by atoms with Crippen molar-refractivity contribution in [3.63, 3.8) is 0 Å². The molecular formula is C8H9N5O. The van der Waals surface area contributed by atoms with Crippen LogP contribution in [-0.4, -0.2) is 19.5 Å². The maximum Gasteiger partial charge on any atom is 0.280 e. The van der Waals surface area contributed by atoms with E-state index in [1.54, 1.807) is 10.6 Å². The minimum absolute atomic E-state index is 0.0910. The van der Waals surface area contributed by atoms with Crippen molar-refractivity contribution in [2.75, 3.05) is 5.73 Å². The molecule has 72 valence electrons. The normalized spacial score (nSPS) is 10.6. The number of nitrogens with one attached hydrogen (secondary N) is 1. The molecule has 0 aliphatic rings. The third-order valence-electron chi connectivity index (χ3n) is 1.82. The third-order valence-corrected chi connectivity index (χ3v) is 1.82. The molecular weight excluding hydrogens is 182 g/mol. The Morgan fingerprint density at radius 3 is 3.21 bits per heavy atom. The van der Waals surface area contributed by atoms with Crippen molar-refractivity contribution in [2.24, 2.45) is 0 Å². The van der Waals surface area contributed by atoms with Crippen LogP contribution in [0.1, 0.15) is 0 Å². The van der Waals surface area contributed by atoms with Gasteiger partial charge in [-0.3, -0.25) is 9.78 Å². The van der Waals surface area contributed by atoms with Gasteiger partial charge in [-0.25, -0.2) is 4.98 Å². The molecule has 0 aliphatic carbocycles. The van der Waals surface area contributed by atoms with Gasteiger partial charge in [0.15, 0.2) is 11.2 Å². The first kappa shape index (κ1) is 8.49. The monoisotopic (exact) mass is 191 g/mol. The standard InChI is InChI=1S/C8H9N5O/c1-2-3-13-4-10-5-6(13)11-8(9)12-7(5)14/h2,4H,1,3H2,(H3,9,11,12,14). The molecule has 0 saturated heterocycles. The third kappa shape index (κ3) is 1.17. The average Bonchev–Trinajstić information content (AvgIpc) is 2.49. The summed E-state index contributed by atoms with van der Waals surface area (Å²) in [6.07, 6.45) is 3.23. The van der Waals surface area contributed by atoms with Crippen molar-refractivity contribution in [1.29, 1.82) is 0 Å². The van der Waals surface area contributed by atoms with E-state index in [1.807, 2.05) is 0 Å². The fourth-order valence-electron chi connectivity index (χ4n) is 1.24. The number of nitrogen functional groups attached to an aromatic ring is 1. The molecule has 0 atom stereocenters. The number of allylic oxidation sites excluding steroid dienone is 1. The fourth-order valence-corrected chi connectivity index (χ4v) is 1.24. The first-order valence-corrected chi connectivity index (χ1v) is 4.04. The Bertz CT molecular complexity index is 538. The Morgan fingerprint density at radius 1 is 1.71 bits per heavy atom. The molecule has 0 bridgehead atoms. The molecule has 2 aromatic heterocycles. The van der Waals surface area contributed by atoms with Gasteiger partial charge in [0.05, 0.1) is 6.33 Å². The summed E-state index contributed by atoms with van der Waals surface area (Å²) in [5.41, 5.74) is 5.86. The molecule has 0 aromatic carbocycles. The second-order valence-electron chi connectivity index (χ2n) is 2.81. The highest BCUT2D eigenvalue weighted by Crippen LogP contribution is 2.05. The number of aromatic amines is 1. The molecule has 0 unspecified atom stereocenters. The lowest BCUT2D eigenvalue weighted by molar-refractivity contribution is 0.839. The predicted octanol–water partition coefficient (Wildman–Crippen LogP) is -0.112. The van der Waals surface area contributed by atoms with Gasteiger partial charge in [0, 0.05) is 6.54 Å². The zero-order chi connectivity index (χ0) is 10.1. The molecule has 0 aliphatic heterocycles. The summed E-state index contributed by atoms with van der Waals surface area (Å²) in [6, 6.07) is 0. The van der Waals surface area contributed by atoms with Crippen LogP contribution in [0, 0.1) is 0 Å². The van der Waals surface area contributed by atoms with Crippen molar-refractivity contribution in [3.05, 3.63) is 29.3 Å². The Kier molecular flexibility index (Phi) is 1.81. The van der Waals surface area contributed by atoms with Crippen molar-refractivity contribution < 1.29 is 0 Å². The van der Waals surface area contributed by atoms with Crippen LogP contribution >= 0.6 is 0 Å². The van der Waals surface area contributed by atoms with Gasteiger partial charge in [-0.1, -0.05) is 6.08 Å². The van der Waals surface area contributed by atoms with Gasteiger partial charge < -0.3 is 10.3 Å². The van der Waals surface area contributed by atoms with E-state index < -0.39 is 0 Å². The lowest BCUT2D eigenvalue weighted by atomic mass is 10.5. The lowest BCUT2D eigenvalue weighted by Gasteiger charge is -1.98. The maximum absolute atomic E-state index is 11.3. The molecule has 6 nitrogen and oxygen atoms in total. The molecule has 14 heavy (non-hydrogen) atoms. The summed E-state index contributed by atoms with van der Waals surface area (Å²) >= 11 is 0. The molecule has 0 spiro atoms. The molecule has 0 radical (unpaired) electrons. The van der Waals surface area contributed by atoms with Crippen molar-refractivity contribution in [3.8, 4) is 0 Å². The zero-order valence-corrected chi connectivity index (χ0v) is 7.40. The van der Waals surface area contributed by atoms with Crippen LogP contribution in [0.3, 0.4) is 0 Å². The molecule has 6 heteroatoms. The number of anilines is 1. The summed E-state index contributed by atoms with van der Waals surface area (Å²) in [5, 5.41) is 0. The van der Waals surface area contributed by atoms with Gasteiger partial charge in [0.25, 0.3) is 5.56 Å². The van der Waals surface area contributed by atoms with Gasteiger partial charge in [0.2, 0.25) is 5.95 Å². The SMILES string of the molecule is C=CCn1cnc2c(=O)[nH]c(N)nc21. The second-order valence-corrected chi connectivity index (χ2v) is 2.81. The van der Waals surface area contributed by atoms with Crippen LogP contribution in [-0.2, 0) is 6.54 Å². The Labute approximate surface area is 79.1 Å².